The van der Waals surface area contributed by atoms with Crippen LogP contribution in [0.25, 0.3) is 0 Å². The van der Waals surface area contributed by atoms with Crippen molar-refractivity contribution in [2.24, 2.45) is 5.92 Å². The number of hydrogen-bond donors (Lipinski definition) is 0. The molecule has 2 atom stereocenters. The van der Waals surface area contributed by atoms with E-state index in [-0.39, 0.29) is 0 Å². The van der Waals surface area contributed by atoms with E-state index in [0.29, 0.717) is 0 Å². The smallest absolute Gasteiger partial charge is 0.000407 e. The molecule has 1 heteroatoms. The average Bonchev–Trinajstić information content (AvgIpc) is 2.39. The summed E-state index contributed by atoms with van der Waals surface area (Å²) < 4.78 is 0. The highest BCUT2D eigenvalue weighted by Crippen LogP contribution is 2.28. The summed E-state index contributed by atoms with van der Waals surface area (Å²) in [5, 5.41) is 0. The van der Waals surface area contributed by atoms with E-state index in [0.717, 1.165) is 18.4 Å². The van der Waals surface area contributed by atoms with Crippen molar-refractivity contribution in [1.29, 1.82) is 0 Å². The van der Waals surface area contributed by atoms with Crippen LogP contribution in [-0.4, -0.2) is 25.0 Å². The molecule has 0 aliphatic heterocycles. The lowest BCUT2D eigenvalue weighted by Gasteiger charge is -2.24. The van der Waals surface area contributed by atoms with Gasteiger partial charge < -0.3 is 4.90 Å². The molecule has 1 aromatic rings. The van der Waals surface area contributed by atoms with E-state index in [2.05, 4.69) is 63.1 Å². The van der Waals surface area contributed by atoms with Crippen LogP contribution in [0, 0.1) is 5.92 Å². The molecule has 0 saturated heterocycles. The van der Waals surface area contributed by atoms with Crippen LogP contribution in [0.1, 0.15) is 51.5 Å². The standard InChI is InChI=1S/C17H29N/c1-5-10-17(16-11-8-7-9-12-16)13-15(3)14-18(4)6-2/h7-9,11-12,15,17H,5-6,10,13-14H2,1-4H3. The normalized spacial score (nSPS) is 14.7. The molecule has 0 aliphatic rings. The predicted octanol–water partition coefficient (Wildman–Crippen LogP) is 4.55. The summed E-state index contributed by atoms with van der Waals surface area (Å²) in [6.07, 6.45) is 3.89. The first-order valence-corrected chi connectivity index (χ1v) is 7.40. The van der Waals surface area contributed by atoms with Crippen LogP contribution < -0.4 is 0 Å². The number of rotatable bonds is 8. The molecule has 0 bridgehead atoms. The Labute approximate surface area is 113 Å². The van der Waals surface area contributed by atoms with Crippen molar-refractivity contribution >= 4 is 0 Å². The topological polar surface area (TPSA) is 3.24 Å². The van der Waals surface area contributed by atoms with Gasteiger partial charge in [-0.1, -0.05) is 57.5 Å². The van der Waals surface area contributed by atoms with Gasteiger partial charge in [-0.05, 0) is 43.8 Å². The second-order valence-corrected chi connectivity index (χ2v) is 5.59. The average molecular weight is 247 g/mol. The van der Waals surface area contributed by atoms with Gasteiger partial charge in [-0.3, -0.25) is 0 Å². The predicted molar refractivity (Wildman–Crippen MR) is 81.0 cm³/mol. The SMILES string of the molecule is CCCC(CC(C)CN(C)CC)c1ccccc1. The van der Waals surface area contributed by atoms with Gasteiger partial charge in [0.15, 0.2) is 0 Å². The Hall–Kier alpha value is -0.820. The van der Waals surface area contributed by atoms with Gasteiger partial charge in [0.05, 0.1) is 0 Å². The molecule has 0 N–H and O–H groups in total. The van der Waals surface area contributed by atoms with Crippen LogP contribution in [0.5, 0.6) is 0 Å². The van der Waals surface area contributed by atoms with E-state index >= 15 is 0 Å². The van der Waals surface area contributed by atoms with Crippen molar-refractivity contribution < 1.29 is 0 Å². The fraction of sp³-hybridized carbons (Fsp3) is 0.647. The number of nitrogens with zero attached hydrogens (tertiary/aromatic N) is 1. The lowest BCUT2D eigenvalue weighted by atomic mass is 9.86. The molecule has 0 fully saturated rings. The maximum Gasteiger partial charge on any atom is 0.000407 e. The Morgan fingerprint density at radius 2 is 1.78 bits per heavy atom. The third-order valence-electron chi connectivity index (χ3n) is 3.76. The van der Waals surface area contributed by atoms with E-state index < -0.39 is 0 Å². The molecule has 1 nitrogen and oxygen atoms in total. The van der Waals surface area contributed by atoms with Crippen molar-refractivity contribution in [3.8, 4) is 0 Å². The van der Waals surface area contributed by atoms with E-state index in [1.54, 1.807) is 0 Å². The molecule has 0 heterocycles. The second kappa shape index (κ2) is 8.31. The minimum Gasteiger partial charge on any atom is -0.306 e. The Morgan fingerprint density at radius 3 is 2.33 bits per heavy atom. The molecule has 102 valence electrons. The van der Waals surface area contributed by atoms with Gasteiger partial charge in [0, 0.05) is 6.54 Å². The van der Waals surface area contributed by atoms with E-state index in [1.165, 1.54) is 31.4 Å². The van der Waals surface area contributed by atoms with Crippen molar-refractivity contribution in [2.45, 2.75) is 46.0 Å². The summed E-state index contributed by atoms with van der Waals surface area (Å²) in [5.74, 6) is 1.50. The highest BCUT2D eigenvalue weighted by molar-refractivity contribution is 5.19. The first-order chi connectivity index (χ1) is 8.67. The molecule has 0 saturated carbocycles. The highest BCUT2D eigenvalue weighted by atomic mass is 15.1. The molecule has 0 radical (unpaired) electrons. The first kappa shape index (κ1) is 15.2. The molecule has 0 aromatic heterocycles. The van der Waals surface area contributed by atoms with E-state index in [4.69, 9.17) is 0 Å². The van der Waals surface area contributed by atoms with Crippen LogP contribution >= 0.6 is 0 Å². The first-order valence-electron chi connectivity index (χ1n) is 7.40. The van der Waals surface area contributed by atoms with Crippen LogP contribution in [0.3, 0.4) is 0 Å². The summed E-state index contributed by atoms with van der Waals surface area (Å²) in [5.41, 5.74) is 1.52. The van der Waals surface area contributed by atoms with Gasteiger partial charge in [0.2, 0.25) is 0 Å². The number of hydrogen-bond acceptors (Lipinski definition) is 1. The van der Waals surface area contributed by atoms with Crippen LogP contribution in [-0.2, 0) is 0 Å². The summed E-state index contributed by atoms with van der Waals surface area (Å²) in [6, 6.07) is 11.0. The maximum absolute atomic E-state index is 2.42. The van der Waals surface area contributed by atoms with Crippen molar-refractivity contribution in [1.82, 2.24) is 4.90 Å². The lowest BCUT2D eigenvalue weighted by molar-refractivity contribution is 0.278. The van der Waals surface area contributed by atoms with Crippen LogP contribution in [0.4, 0.5) is 0 Å². The fourth-order valence-corrected chi connectivity index (χ4v) is 2.72. The number of benzene rings is 1. The second-order valence-electron chi connectivity index (χ2n) is 5.59. The van der Waals surface area contributed by atoms with Crippen molar-refractivity contribution in [3.63, 3.8) is 0 Å². The van der Waals surface area contributed by atoms with Crippen LogP contribution in [0.2, 0.25) is 0 Å². The van der Waals surface area contributed by atoms with Gasteiger partial charge in [-0.25, -0.2) is 0 Å². The summed E-state index contributed by atoms with van der Waals surface area (Å²) in [4.78, 5) is 2.42. The fourth-order valence-electron chi connectivity index (χ4n) is 2.72. The maximum atomic E-state index is 2.42. The lowest BCUT2D eigenvalue weighted by Crippen LogP contribution is -2.25. The molecular formula is C17H29N. The van der Waals surface area contributed by atoms with E-state index in [9.17, 15) is 0 Å². The van der Waals surface area contributed by atoms with Crippen molar-refractivity contribution in [3.05, 3.63) is 35.9 Å². The summed E-state index contributed by atoms with van der Waals surface area (Å²) >= 11 is 0. The zero-order valence-corrected chi connectivity index (χ0v) is 12.5. The molecule has 2 unspecified atom stereocenters. The Morgan fingerprint density at radius 1 is 1.11 bits per heavy atom. The minimum atomic E-state index is 0.733. The Kier molecular flexibility index (Phi) is 7.04. The molecule has 18 heavy (non-hydrogen) atoms. The molecule has 0 amide bonds. The zero-order chi connectivity index (χ0) is 13.4. The minimum absolute atomic E-state index is 0.733. The molecular weight excluding hydrogens is 218 g/mol. The molecule has 0 aliphatic carbocycles. The monoisotopic (exact) mass is 247 g/mol. The van der Waals surface area contributed by atoms with Gasteiger partial charge >= 0.3 is 0 Å². The summed E-state index contributed by atoms with van der Waals surface area (Å²) in [6.45, 7) is 9.27. The van der Waals surface area contributed by atoms with Crippen LogP contribution in [0.15, 0.2) is 30.3 Å². The quantitative estimate of drug-likeness (QED) is 0.651. The molecule has 1 aromatic carbocycles. The van der Waals surface area contributed by atoms with Gasteiger partial charge in [0.1, 0.15) is 0 Å². The molecule has 1 rings (SSSR count). The zero-order valence-electron chi connectivity index (χ0n) is 12.5. The van der Waals surface area contributed by atoms with E-state index in [1.807, 2.05) is 0 Å². The van der Waals surface area contributed by atoms with Gasteiger partial charge in [0.25, 0.3) is 0 Å². The third-order valence-corrected chi connectivity index (χ3v) is 3.76. The third kappa shape index (κ3) is 5.22. The Balaban J connectivity index is 2.58. The van der Waals surface area contributed by atoms with Gasteiger partial charge in [-0.2, -0.15) is 0 Å². The van der Waals surface area contributed by atoms with Crippen molar-refractivity contribution in [2.75, 3.05) is 20.1 Å². The summed E-state index contributed by atoms with van der Waals surface area (Å²) in [7, 11) is 2.22. The molecule has 0 spiro atoms. The van der Waals surface area contributed by atoms with Gasteiger partial charge in [-0.15, -0.1) is 0 Å². The largest absolute Gasteiger partial charge is 0.306 e. The highest BCUT2D eigenvalue weighted by Gasteiger charge is 2.15. The Bertz CT molecular complexity index is 307.